The molecule has 12 heavy (non-hydrogen) atoms. The molecule has 6 nitrogen and oxygen atoms in total. The lowest BCUT2D eigenvalue weighted by molar-refractivity contribution is 0.486. The summed E-state index contributed by atoms with van der Waals surface area (Å²) in [6.07, 6.45) is 0.767. The van der Waals surface area contributed by atoms with Crippen LogP contribution in [0.25, 0.3) is 0 Å². The standard InChI is InChI=1S/C3H5FO3S.CH5N3/c4-2-1-3-8(5,6)7;2-1(3)4/h1-2H,3H2,(H,5,6,7);(H5,2,3,4). The highest BCUT2D eigenvalue weighted by Gasteiger charge is 1.97. The first kappa shape index (κ1) is 13.4. The fraction of sp³-hybridized carbons (Fsp3) is 0.250. The molecule has 0 amide bonds. The van der Waals surface area contributed by atoms with E-state index in [-0.39, 0.29) is 12.3 Å². The molecule has 0 aliphatic rings. The maximum atomic E-state index is 11.0. The van der Waals surface area contributed by atoms with Gasteiger partial charge in [0.15, 0.2) is 5.96 Å². The maximum absolute atomic E-state index is 11.0. The van der Waals surface area contributed by atoms with E-state index in [1.165, 1.54) is 0 Å². The Hall–Kier alpha value is -1.15. The minimum atomic E-state index is -4.01. The predicted molar refractivity (Wildman–Crippen MR) is 42.8 cm³/mol. The fourth-order valence-electron chi connectivity index (χ4n) is 0.158. The summed E-state index contributed by atoms with van der Waals surface area (Å²) in [5, 5.41) is 6.06. The molecular formula is C4H10FN3O3S. The molecule has 0 rings (SSSR count). The Bertz CT molecular complexity index is 244. The van der Waals surface area contributed by atoms with Crippen LogP contribution in [-0.2, 0) is 10.1 Å². The molecule has 0 fully saturated rings. The average Bonchev–Trinajstić information content (AvgIpc) is 1.80. The summed E-state index contributed by atoms with van der Waals surface area (Å²) in [5.41, 5.74) is 8.94. The van der Waals surface area contributed by atoms with Crippen LogP contribution in [-0.4, -0.2) is 24.7 Å². The molecule has 0 saturated carbocycles. The average molecular weight is 199 g/mol. The molecule has 0 unspecified atom stereocenters. The van der Waals surface area contributed by atoms with Crippen molar-refractivity contribution in [2.24, 2.45) is 11.5 Å². The topological polar surface area (TPSA) is 130 Å². The van der Waals surface area contributed by atoms with Crippen molar-refractivity contribution in [3.63, 3.8) is 0 Å². The SMILES string of the molecule is N=C(N)N.O=S(=O)(O)CC=CF. The van der Waals surface area contributed by atoms with Gasteiger partial charge in [-0.1, -0.05) is 0 Å². The zero-order valence-corrected chi connectivity index (χ0v) is 6.88. The van der Waals surface area contributed by atoms with Crippen molar-refractivity contribution < 1.29 is 17.4 Å². The second kappa shape index (κ2) is 6.55. The van der Waals surface area contributed by atoms with E-state index in [1.54, 1.807) is 0 Å². The first-order valence-electron chi connectivity index (χ1n) is 2.59. The van der Waals surface area contributed by atoms with E-state index < -0.39 is 15.9 Å². The lowest BCUT2D eigenvalue weighted by Gasteiger charge is -1.82. The summed E-state index contributed by atoms with van der Waals surface area (Å²) in [6.45, 7) is 0. The van der Waals surface area contributed by atoms with E-state index in [2.05, 4.69) is 11.5 Å². The van der Waals surface area contributed by atoms with Crippen LogP contribution in [0.5, 0.6) is 0 Å². The molecule has 0 aromatic carbocycles. The van der Waals surface area contributed by atoms with E-state index >= 15 is 0 Å². The number of halogens is 1. The van der Waals surface area contributed by atoms with Crippen LogP contribution in [0.3, 0.4) is 0 Å². The highest BCUT2D eigenvalue weighted by Crippen LogP contribution is 1.82. The van der Waals surface area contributed by atoms with Crippen LogP contribution in [0.1, 0.15) is 0 Å². The van der Waals surface area contributed by atoms with Crippen LogP contribution < -0.4 is 11.5 Å². The minimum Gasteiger partial charge on any atom is -0.370 e. The number of nitrogens with two attached hydrogens (primary N) is 2. The second-order valence-corrected chi connectivity index (χ2v) is 3.06. The highest BCUT2D eigenvalue weighted by molar-refractivity contribution is 7.85. The zero-order valence-electron chi connectivity index (χ0n) is 6.07. The van der Waals surface area contributed by atoms with E-state index in [4.69, 9.17) is 9.96 Å². The van der Waals surface area contributed by atoms with Gasteiger partial charge in [0.2, 0.25) is 0 Å². The van der Waals surface area contributed by atoms with Gasteiger partial charge in [0, 0.05) is 0 Å². The van der Waals surface area contributed by atoms with Crippen LogP contribution in [0.2, 0.25) is 0 Å². The van der Waals surface area contributed by atoms with Crippen LogP contribution in [0.15, 0.2) is 12.4 Å². The van der Waals surface area contributed by atoms with Gasteiger partial charge in [0.1, 0.15) is 0 Å². The van der Waals surface area contributed by atoms with Gasteiger partial charge in [-0.2, -0.15) is 8.42 Å². The molecule has 0 spiro atoms. The molecule has 72 valence electrons. The molecule has 0 aromatic heterocycles. The van der Waals surface area contributed by atoms with Gasteiger partial charge in [-0.05, 0) is 6.08 Å². The summed E-state index contributed by atoms with van der Waals surface area (Å²) in [5.74, 6) is -0.997. The maximum Gasteiger partial charge on any atom is 0.268 e. The van der Waals surface area contributed by atoms with Crippen molar-refractivity contribution in [3.05, 3.63) is 12.4 Å². The number of hydrogen-bond acceptors (Lipinski definition) is 3. The van der Waals surface area contributed by atoms with Crippen molar-refractivity contribution in [2.75, 3.05) is 5.75 Å². The number of guanidine groups is 1. The summed E-state index contributed by atoms with van der Waals surface area (Å²) >= 11 is 0. The molecule has 0 radical (unpaired) electrons. The first-order chi connectivity index (χ1) is 5.29. The molecule has 0 bridgehead atoms. The number of hydrogen-bond donors (Lipinski definition) is 4. The van der Waals surface area contributed by atoms with Crippen molar-refractivity contribution in [1.82, 2.24) is 0 Å². The summed E-state index contributed by atoms with van der Waals surface area (Å²) in [7, 11) is -4.01. The smallest absolute Gasteiger partial charge is 0.268 e. The zero-order chi connectivity index (χ0) is 10.2. The molecule has 8 heteroatoms. The minimum absolute atomic E-state index is 0.0633. The Morgan fingerprint density at radius 3 is 2.00 bits per heavy atom. The van der Waals surface area contributed by atoms with Gasteiger partial charge in [-0.3, -0.25) is 9.96 Å². The van der Waals surface area contributed by atoms with Crippen LogP contribution >= 0.6 is 0 Å². The molecule has 0 aliphatic heterocycles. The molecule has 0 heterocycles. The first-order valence-corrected chi connectivity index (χ1v) is 4.20. The molecular weight excluding hydrogens is 189 g/mol. The lowest BCUT2D eigenvalue weighted by Crippen LogP contribution is -2.20. The molecule has 0 aliphatic carbocycles. The third kappa shape index (κ3) is 36.8. The van der Waals surface area contributed by atoms with E-state index in [0.717, 1.165) is 0 Å². The third-order valence-electron chi connectivity index (χ3n) is 0.396. The summed E-state index contributed by atoms with van der Waals surface area (Å²) in [4.78, 5) is 0. The predicted octanol–water partition coefficient (Wildman–Crippen LogP) is -0.804. The van der Waals surface area contributed by atoms with Gasteiger partial charge in [0.05, 0.1) is 12.1 Å². The largest absolute Gasteiger partial charge is 0.370 e. The van der Waals surface area contributed by atoms with E-state index in [1.807, 2.05) is 0 Å². The quantitative estimate of drug-likeness (QED) is 0.262. The molecule has 0 aromatic rings. The van der Waals surface area contributed by atoms with E-state index in [0.29, 0.717) is 6.08 Å². The number of nitrogens with one attached hydrogen (secondary N) is 1. The van der Waals surface area contributed by atoms with E-state index in [9.17, 15) is 12.8 Å². The molecule has 6 N–H and O–H groups in total. The number of rotatable bonds is 2. The Kier molecular flexibility index (Phi) is 7.34. The lowest BCUT2D eigenvalue weighted by atomic mass is 10.7. The third-order valence-corrected chi connectivity index (χ3v) is 1.01. The normalized spacial score (nSPS) is 10.5. The Labute approximate surface area is 69.3 Å². The van der Waals surface area contributed by atoms with Crippen molar-refractivity contribution in [3.8, 4) is 0 Å². The Morgan fingerprint density at radius 1 is 1.58 bits per heavy atom. The molecule has 0 atom stereocenters. The van der Waals surface area contributed by atoms with Crippen LogP contribution in [0.4, 0.5) is 4.39 Å². The van der Waals surface area contributed by atoms with Gasteiger partial charge >= 0.3 is 0 Å². The molecule has 0 saturated heterocycles. The van der Waals surface area contributed by atoms with Gasteiger partial charge < -0.3 is 11.5 Å². The Morgan fingerprint density at radius 2 is 1.92 bits per heavy atom. The van der Waals surface area contributed by atoms with Gasteiger partial charge in [0.25, 0.3) is 10.1 Å². The van der Waals surface area contributed by atoms with Crippen molar-refractivity contribution >= 4 is 16.1 Å². The second-order valence-electron chi connectivity index (χ2n) is 1.57. The monoisotopic (exact) mass is 199 g/mol. The Balaban J connectivity index is 0. The van der Waals surface area contributed by atoms with Crippen LogP contribution in [0, 0.1) is 5.41 Å². The highest BCUT2D eigenvalue weighted by atomic mass is 32.2. The summed E-state index contributed by atoms with van der Waals surface area (Å²) in [6, 6.07) is 0. The van der Waals surface area contributed by atoms with Gasteiger partial charge in [-0.25, -0.2) is 4.39 Å². The van der Waals surface area contributed by atoms with Crippen molar-refractivity contribution in [2.45, 2.75) is 0 Å². The van der Waals surface area contributed by atoms with Gasteiger partial charge in [-0.15, -0.1) is 0 Å². The summed E-state index contributed by atoms with van der Waals surface area (Å²) < 4.78 is 38.3. The van der Waals surface area contributed by atoms with Crippen molar-refractivity contribution in [1.29, 1.82) is 5.41 Å². The fourth-order valence-corrected chi connectivity index (χ4v) is 0.474.